The van der Waals surface area contributed by atoms with E-state index in [9.17, 15) is 24.3 Å². The SMILES string of the molecule is O=C1CC/C=C\[C@H]2O[C@]34C=CCN(Cc5ccccc5)C(=O)[C@H]3N(CCCCCO)C(=O)[C@@H]4[C@H]2C(=O)N[C@H](c2ccccc2)CO1. The Morgan fingerprint density at radius 3 is 2.43 bits per heavy atom. The summed E-state index contributed by atoms with van der Waals surface area (Å²) in [5.74, 6) is -3.16. The molecule has 3 amide bonds. The summed E-state index contributed by atoms with van der Waals surface area (Å²) >= 11 is 0. The quantitative estimate of drug-likeness (QED) is 0.262. The number of nitrogens with one attached hydrogen (secondary N) is 1. The van der Waals surface area contributed by atoms with Gasteiger partial charge in [0, 0.05) is 32.7 Å². The van der Waals surface area contributed by atoms with Crippen molar-refractivity contribution in [2.45, 2.75) is 62.4 Å². The second-order valence-electron chi connectivity index (χ2n) is 12.4. The van der Waals surface area contributed by atoms with E-state index in [0.29, 0.717) is 45.3 Å². The zero-order valence-electron chi connectivity index (χ0n) is 25.8. The zero-order chi connectivity index (χ0) is 32.1. The molecule has 0 unspecified atom stereocenters. The average Bonchev–Trinajstić information content (AvgIpc) is 3.45. The maximum atomic E-state index is 14.5. The van der Waals surface area contributed by atoms with Gasteiger partial charge in [0.25, 0.3) is 0 Å². The minimum absolute atomic E-state index is 0.0489. The van der Waals surface area contributed by atoms with E-state index < -0.39 is 41.5 Å². The summed E-state index contributed by atoms with van der Waals surface area (Å²) in [5.41, 5.74) is 0.376. The second-order valence-corrected chi connectivity index (χ2v) is 12.4. The van der Waals surface area contributed by atoms with Crippen LogP contribution in [0.2, 0.25) is 0 Å². The highest BCUT2D eigenvalue weighted by atomic mass is 16.5. The molecule has 46 heavy (non-hydrogen) atoms. The summed E-state index contributed by atoms with van der Waals surface area (Å²) < 4.78 is 12.3. The molecule has 4 heterocycles. The molecule has 4 aliphatic heterocycles. The number of ether oxygens (including phenoxy) is 2. The summed E-state index contributed by atoms with van der Waals surface area (Å²) in [4.78, 5) is 59.2. The maximum absolute atomic E-state index is 14.5. The number of cyclic esters (lactones) is 1. The number of allylic oxidation sites excluding steroid dienone is 1. The molecule has 2 aromatic rings. The average molecular weight is 628 g/mol. The molecule has 242 valence electrons. The first-order valence-electron chi connectivity index (χ1n) is 16.2. The molecule has 0 radical (unpaired) electrons. The Hall–Kier alpha value is -4.28. The van der Waals surface area contributed by atoms with Gasteiger partial charge >= 0.3 is 5.97 Å². The first-order valence-corrected chi connectivity index (χ1v) is 16.2. The molecule has 2 saturated heterocycles. The summed E-state index contributed by atoms with van der Waals surface area (Å²) in [6.45, 7) is 1.01. The first-order chi connectivity index (χ1) is 22.4. The lowest BCUT2D eigenvalue weighted by atomic mass is 9.77. The molecule has 2 N–H and O–H groups in total. The maximum Gasteiger partial charge on any atom is 0.306 e. The number of aliphatic hydroxyl groups is 1. The highest BCUT2D eigenvalue weighted by Crippen LogP contribution is 2.53. The number of hydrogen-bond donors (Lipinski definition) is 2. The molecule has 1 spiro atoms. The van der Waals surface area contributed by atoms with Gasteiger partial charge in [-0.05, 0) is 36.8 Å². The molecular formula is C36H41N3O7. The van der Waals surface area contributed by atoms with Crippen molar-refractivity contribution in [3.8, 4) is 0 Å². The number of hydrogen-bond acceptors (Lipinski definition) is 7. The molecule has 10 heteroatoms. The van der Waals surface area contributed by atoms with Crippen LogP contribution in [0, 0.1) is 11.8 Å². The number of carbonyl (C=O) groups is 4. The van der Waals surface area contributed by atoms with E-state index in [4.69, 9.17) is 9.47 Å². The number of nitrogens with zero attached hydrogens (tertiary/aromatic N) is 2. The van der Waals surface area contributed by atoms with Crippen molar-refractivity contribution in [1.82, 2.24) is 15.1 Å². The fraction of sp³-hybridized carbons (Fsp3) is 0.444. The monoisotopic (exact) mass is 627 g/mol. The summed E-state index contributed by atoms with van der Waals surface area (Å²) in [5, 5.41) is 12.4. The number of fused-ring (bicyclic) bond motifs is 2. The topological polar surface area (TPSA) is 125 Å². The van der Waals surface area contributed by atoms with E-state index in [1.807, 2.05) is 72.8 Å². The molecule has 4 aliphatic rings. The lowest BCUT2D eigenvalue weighted by molar-refractivity contribution is -0.148. The van der Waals surface area contributed by atoms with Crippen molar-refractivity contribution in [2.24, 2.45) is 11.8 Å². The molecule has 0 aliphatic carbocycles. The van der Waals surface area contributed by atoms with Crippen LogP contribution in [0.5, 0.6) is 0 Å². The third-order valence-electron chi connectivity index (χ3n) is 9.42. The van der Waals surface area contributed by atoms with Gasteiger partial charge in [-0.2, -0.15) is 0 Å². The van der Waals surface area contributed by atoms with E-state index in [2.05, 4.69) is 5.32 Å². The highest BCUT2D eigenvalue weighted by molar-refractivity contribution is 5.99. The summed E-state index contributed by atoms with van der Waals surface area (Å²) in [6, 6.07) is 17.4. The number of aliphatic hydroxyl groups excluding tert-OH is 1. The van der Waals surface area contributed by atoms with E-state index in [1.165, 1.54) is 0 Å². The molecule has 10 nitrogen and oxygen atoms in total. The van der Waals surface area contributed by atoms with Crippen molar-refractivity contribution in [3.05, 3.63) is 96.1 Å². The van der Waals surface area contributed by atoms with Gasteiger partial charge in [0.1, 0.15) is 18.2 Å². The molecule has 0 saturated carbocycles. The van der Waals surface area contributed by atoms with Crippen LogP contribution in [0.25, 0.3) is 0 Å². The summed E-state index contributed by atoms with van der Waals surface area (Å²) in [6.07, 6.45) is 8.89. The van der Waals surface area contributed by atoms with Gasteiger partial charge in [-0.25, -0.2) is 0 Å². The number of rotatable bonds is 8. The lowest BCUT2D eigenvalue weighted by Crippen LogP contribution is -2.55. The van der Waals surface area contributed by atoms with Crippen LogP contribution in [0.3, 0.4) is 0 Å². The molecule has 6 atom stereocenters. The third-order valence-corrected chi connectivity index (χ3v) is 9.42. The first kappa shape index (κ1) is 31.7. The molecule has 0 aromatic heterocycles. The molecule has 2 fully saturated rings. The Kier molecular flexibility index (Phi) is 9.65. The van der Waals surface area contributed by atoms with Gasteiger partial charge in [0.05, 0.1) is 24.0 Å². The zero-order valence-corrected chi connectivity index (χ0v) is 25.8. The number of carbonyl (C=O) groups excluding carboxylic acids is 4. The number of esters is 1. The highest BCUT2D eigenvalue weighted by Gasteiger charge is 2.71. The molecule has 0 bridgehead atoms. The van der Waals surface area contributed by atoms with Crippen LogP contribution in [0.15, 0.2) is 85.0 Å². The van der Waals surface area contributed by atoms with Crippen molar-refractivity contribution in [2.75, 3.05) is 26.3 Å². The normalized spacial score (nSPS) is 30.3. The Bertz CT molecular complexity index is 1480. The molecule has 2 aromatic carbocycles. The van der Waals surface area contributed by atoms with Crippen molar-refractivity contribution >= 4 is 23.7 Å². The predicted molar refractivity (Wildman–Crippen MR) is 169 cm³/mol. The molecule has 6 rings (SSSR count). The number of likely N-dealkylation sites (tertiary alicyclic amines) is 1. The third kappa shape index (κ3) is 6.24. The Morgan fingerprint density at radius 2 is 1.67 bits per heavy atom. The smallest absolute Gasteiger partial charge is 0.306 e. The van der Waals surface area contributed by atoms with E-state index >= 15 is 0 Å². The van der Waals surface area contributed by atoms with Gasteiger partial charge in [0.2, 0.25) is 17.7 Å². The van der Waals surface area contributed by atoms with Gasteiger partial charge in [-0.3, -0.25) is 19.2 Å². The fourth-order valence-electron chi connectivity index (χ4n) is 7.24. The van der Waals surface area contributed by atoms with Crippen LogP contribution in [0.4, 0.5) is 0 Å². The molecular weight excluding hydrogens is 586 g/mol. The van der Waals surface area contributed by atoms with Crippen LogP contribution in [-0.2, 0) is 35.2 Å². The lowest BCUT2D eigenvalue weighted by Gasteiger charge is -2.35. The Labute approximate surface area is 269 Å². The van der Waals surface area contributed by atoms with E-state index in [0.717, 1.165) is 11.1 Å². The second kappa shape index (κ2) is 14.0. The number of unbranched alkanes of at least 4 members (excludes halogenated alkanes) is 2. The predicted octanol–water partition coefficient (Wildman–Crippen LogP) is 3.08. The van der Waals surface area contributed by atoms with Gasteiger partial charge < -0.3 is 29.7 Å². The van der Waals surface area contributed by atoms with Gasteiger partial charge in [-0.1, -0.05) is 85.0 Å². The fourth-order valence-corrected chi connectivity index (χ4v) is 7.24. The van der Waals surface area contributed by atoms with E-state index in [-0.39, 0.29) is 37.4 Å². The Balaban J connectivity index is 1.38. The van der Waals surface area contributed by atoms with Crippen LogP contribution < -0.4 is 5.32 Å². The van der Waals surface area contributed by atoms with Crippen molar-refractivity contribution in [1.29, 1.82) is 0 Å². The van der Waals surface area contributed by atoms with Crippen molar-refractivity contribution in [3.63, 3.8) is 0 Å². The number of amides is 3. The minimum Gasteiger partial charge on any atom is -0.463 e. The van der Waals surface area contributed by atoms with E-state index in [1.54, 1.807) is 22.0 Å². The van der Waals surface area contributed by atoms with Crippen LogP contribution in [0.1, 0.15) is 49.3 Å². The largest absolute Gasteiger partial charge is 0.463 e. The van der Waals surface area contributed by atoms with Gasteiger partial charge in [-0.15, -0.1) is 0 Å². The number of benzene rings is 2. The Morgan fingerprint density at radius 1 is 0.913 bits per heavy atom. The van der Waals surface area contributed by atoms with Crippen molar-refractivity contribution < 1.29 is 33.8 Å². The van der Waals surface area contributed by atoms with Crippen LogP contribution in [-0.4, -0.2) is 82.6 Å². The minimum atomic E-state index is -1.36. The standard InChI is InChI=1S/C36H41N3O7/c40-22-11-3-10-21-39-32-35(44)38(23-25-13-4-1-5-14-25)20-12-19-36(32)31(34(39)43)30-28(46-36)17-8-9-18-29(41)45-24-27(37-33(30)42)26-15-6-2-7-16-26/h1-2,4-8,12-17,19,27-28,30-32,40H,3,9-11,18,20-24H2,(H,37,42)/b17-8-/t27-,28+,30-,31-,32+,36-/m0/s1. The van der Waals surface area contributed by atoms with Gasteiger partial charge in [0.15, 0.2) is 0 Å². The van der Waals surface area contributed by atoms with Crippen LogP contribution >= 0.6 is 0 Å². The summed E-state index contributed by atoms with van der Waals surface area (Å²) in [7, 11) is 0.